The quantitative estimate of drug-likeness (QED) is 0.463. The first-order valence-electron chi connectivity index (χ1n) is 9.91. The molecule has 2 amide bonds. The van der Waals surface area contributed by atoms with Crippen LogP contribution in [-0.4, -0.2) is 38.6 Å². The lowest BCUT2D eigenvalue weighted by molar-refractivity contribution is 0.0429. The van der Waals surface area contributed by atoms with Gasteiger partial charge in [0.25, 0.3) is 0 Å². The minimum atomic E-state index is -0.894. The number of benzene rings is 1. The number of carbonyl (C=O) groups excluding carboxylic acids is 2. The van der Waals surface area contributed by atoms with Gasteiger partial charge in [0.05, 0.1) is 5.52 Å². The molecule has 1 aromatic carbocycles. The maximum Gasteiger partial charge on any atom is 0.425 e. The van der Waals surface area contributed by atoms with Crippen molar-refractivity contribution in [1.29, 1.82) is 0 Å². The maximum atomic E-state index is 13.0. The van der Waals surface area contributed by atoms with E-state index in [0.29, 0.717) is 21.2 Å². The molecule has 2 aromatic heterocycles. The molecule has 2 heterocycles. The smallest absolute Gasteiger partial charge is 0.425 e. The summed E-state index contributed by atoms with van der Waals surface area (Å²) in [6.45, 7) is 10.3. The molecule has 0 unspecified atom stereocenters. The summed E-state index contributed by atoms with van der Waals surface area (Å²) in [7, 11) is 0. The number of pyridine rings is 1. The Kier molecular flexibility index (Phi) is 6.19. The lowest BCUT2D eigenvalue weighted by Gasteiger charge is -2.27. The number of nitrogens with zero attached hydrogens (tertiary/aromatic N) is 3. The van der Waals surface area contributed by atoms with Crippen LogP contribution in [0.5, 0.6) is 0 Å². The molecule has 170 valence electrons. The van der Waals surface area contributed by atoms with Crippen LogP contribution in [0.3, 0.4) is 0 Å². The van der Waals surface area contributed by atoms with Crippen LogP contribution >= 0.6 is 15.9 Å². The minimum Gasteiger partial charge on any atom is -0.443 e. The molecular formula is C22H26BrN5O4. The lowest BCUT2D eigenvalue weighted by atomic mass is 10.0. The first-order valence-corrected chi connectivity index (χ1v) is 10.7. The van der Waals surface area contributed by atoms with Crippen LogP contribution in [0, 0.1) is 0 Å². The van der Waals surface area contributed by atoms with Crippen molar-refractivity contribution in [3.05, 3.63) is 34.9 Å². The van der Waals surface area contributed by atoms with Gasteiger partial charge in [-0.15, -0.1) is 0 Å². The molecule has 0 aliphatic heterocycles. The summed E-state index contributed by atoms with van der Waals surface area (Å²) >= 11 is 3.53. The topological polar surface area (TPSA) is 123 Å². The van der Waals surface area contributed by atoms with Gasteiger partial charge in [-0.1, -0.05) is 0 Å². The van der Waals surface area contributed by atoms with E-state index in [0.717, 1.165) is 16.0 Å². The number of ether oxygens (including phenoxy) is 2. The number of anilines is 2. The first kappa shape index (κ1) is 23.5. The highest BCUT2D eigenvalue weighted by Crippen LogP contribution is 2.36. The van der Waals surface area contributed by atoms with Gasteiger partial charge in [0.15, 0.2) is 5.82 Å². The number of hydrogen-bond donors (Lipinski definition) is 2. The fraction of sp³-hybridized carbons (Fsp3) is 0.364. The van der Waals surface area contributed by atoms with E-state index in [-0.39, 0.29) is 5.82 Å². The highest BCUT2D eigenvalue weighted by Gasteiger charge is 2.35. The van der Waals surface area contributed by atoms with Gasteiger partial charge in [-0.2, -0.15) is 10.00 Å². The fourth-order valence-corrected chi connectivity index (χ4v) is 3.44. The van der Waals surface area contributed by atoms with Crippen molar-refractivity contribution in [2.45, 2.75) is 52.7 Å². The van der Waals surface area contributed by atoms with Crippen LogP contribution in [0.1, 0.15) is 41.5 Å². The van der Waals surface area contributed by atoms with E-state index in [4.69, 9.17) is 15.2 Å². The Balaban J connectivity index is 2.17. The third-order valence-electron chi connectivity index (χ3n) is 4.08. The molecule has 3 N–H and O–H groups in total. The molecule has 10 heteroatoms. The molecular weight excluding hydrogens is 478 g/mol. The standard InChI is InChI=1S/C22H26BrN5O4/c1-21(2,3)31-19(29)28(20(30)32-22(4,5)6)18-14-9-13(10-15(23)17(14)26-27-18)12-7-8-25-16(24)11-12/h7-11H,1-6H3,(H2,24,25)(H,26,27). The fourth-order valence-electron chi connectivity index (χ4n) is 2.89. The lowest BCUT2D eigenvalue weighted by Crippen LogP contribution is -2.44. The Labute approximate surface area is 194 Å². The zero-order valence-corrected chi connectivity index (χ0v) is 20.4. The number of imide groups is 1. The van der Waals surface area contributed by atoms with Crippen molar-refractivity contribution < 1.29 is 19.1 Å². The van der Waals surface area contributed by atoms with E-state index in [1.54, 1.807) is 59.9 Å². The van der Waals surface area contributed by atoms with Crippen LogP contribution in [0.2, 0.25) is 0 Å². The van der Waals surface area contributed by atoms with Crippen molar-refractivity contribution in [3.63, 3.8) is 0 Å². The highest BCUT2D eigenvalue weighted by molar-refractivity contribution is 9.10. The highest BCUT2D eigenvalue weighted by atomic mass is 79.9. The second-order valence-corrected chi connectivity index (χ2v) is 10.0. The van der Waals surface area contributed by atoms with Crippen molar-refractivity contribution in [2.24, 2.45) is 0 Å². The molecule has 0 radical (unpaired) electrons. The molecule has 3 aromatic rings. The average molecular weight is 504 g/mol. The largest absolute Gasteiger partial charge is 0.443 e. The molecule has 3 rings (SSSR count). The number of carbonyl (C=O) groups is 2. The molecule has 0 bridgehead atoms. The summed E-state index contributed by atoms with van der Waals surface area (Å²) < 4.78 is 11.6. The number of halogens is 1. The number of aromatic nitrogens is 3. The van der Waals surface area contributed by atoms with Crippen LogP contribution < -0.4 is 10.6 Å². The van der Waals surface area contributed by atoms with Crippen molar-refractivity contribution in [1.82, 2.24) is 15.2 Å². The van der Waals surface area contributed by atoms with Gasteiger partial charge in [0.2, 0.25) is 0 Å². The molecule has 0 aliphatic carbocycles. The monoisotopic (exact) mass is 503 g/mol. The molecule has 0 atom stereocenters. The zero-order valence-electron chi connectivity index (χ0n) is 18.8. The number of hydrogen-bond acceptors (Lipinski definition) is 7. The Morgan fingerprint density at radius 2 is 1.59 bits per heavy atom. The number of amides is 2. The Bertz CT molecular complexity index is 1150. The van der Waals surface area contributed by atoms with Crippen molar-refractivity contribution in [2.75, 3.05) is 10.6 Å². The summed E-state index contributed by atoms with van der Waals surface area (Å²) in [6, 6.07) is 7.22. The van der Waals surface area contributed by atoms with Gasteiger partial charge >= 0.3 is 12.2 Å². The Morgan fingerprint density at radius 1 is 1.00 bits per heavy atom. The van der Waals surface area contributed by atoms with Gasteiger partial charge in [-0.25, -0.2) is 14.6 Å². The van der Waals surface area contributed by atoms with Gasteiger partial charge in [-0.3, -0.25) is 5.10 Å². The predicted octanol–water partition coefficient (Wildman–Crippen LogP) is 5.65. The number of nitrogens with one attached hydrogen (secondary N) is 1. The van der Waals surface area contributed by atoms with E-state index in [9.17, 15) is 9.59 Å². The van der Waals surface area contributed by atoms with Crippen LogP contribution in [-0.2, 0) is 9.47 Å². The molecule has 0 spiro atoms. The van der Waals surface area contributed by atoms with Gasteiger partial charge in [0, 0.05) is 16.1 Å². The number of nitrogens with two attached hydrogens (primary N) is 1. The SMILES string of the molecule is CC(C)(C)OC(=O)N(C(=O)OC(C)(C)C)c1n[nH]c2c(Br)cc(-c3ccnc(N)c3)cc12. The summed E-state index contributed by atoms with van der Waals surface area (Å²) in [5.74, 6) is 0.434. The zero-order chi connectivity index (χ0) is 23.8. The van der Waals surface area contributed by atoms with Crippen LogP contribution in [0.4, 0.5) is 21.2 Å². The van der Waals surface area contributed by atoms with Gasteiger partial charge in [0.1, 0.15) is 17.0 Å². The van der Waals surface area contributed by atoms with Crippen LogP contribution in [0.25, 0.3) is 22.0 Å². The summed E-state index contributed by atoms with van der Waals surface area (Å²) in [6.07, 6.45) is -0.183. The predicted molar refractivity (Wildman–Crippen MR) is 126 cm³/mol. The third kappa shape index (κ3) is 5.37. The second-order valence-electron chi connectivity index (χ2n) is 9.19. The van der Waals surface area contributed by atoms with E-state index >= 15 is 0 Å². The average Bonchev–Trinajstić information content (AvgIpc) is 3.03. The molecule has 0 saturated heterocycles. The number of rotatable bonds is 2. The van der Waals surface area contributed by atoms with E-state index in [1.807, 2.05) is 12.1 Å². The third-order valence-corrected chi connectivity index (χ3v) is 4.71. The molecule has 0 fully saturated rings. The molecule has 32 heavy (non-hydrogen) atoms. The van der Waals surface area contributed by atoms with Crippen molar-refractivity contribution >= 4 is 50.7 Å². The maximum absolute atomic E-state index is 13.0. The number of aromatic amines is 1. The number of nitrogen functional groups attached to an aromatic ring is 1. The molecule has 9 nitrogen and oxygen atoms in total. The van der Waals surface area contributed by atoms with E-state index < -0.39 is 23.4 Å². The summed E-state index contributed by atoms with van der Waals surface area (Å²) in [5.41, 5.74) is 6.37. The number of fused-ring (bicyclic) bond motifs is 1. The second kappa shape index (κ2) is 8.42. The Hall–Kier alpha value is -3.14. The number of H-pyrrole nitrogens is 1. The van der Waals surface area contributed by atoms with Gasteiger partial charge < -0.3 is 15.2 Å². The molecule has 0 saturated carbocycles. The van der Waals surface area contributed by atoms with E-state index in [2.05, 4.69) is 31.1 Å². The van der Waals surface area contributed by atoms with E-state index in [1.165, 1.54) is 0 Å². The minimum absolute atomic E-state index is 0.0630. The Morgan fingerprint density at radius 3 is 2.12 bits per heavy atom. The molecule has 0 aliphatic rings. The summed E-state index contributed by atoms with van der Waals surface area (Å²) in [5, 5.41) is 7.63. The first-order chi connectivity index (χ1) is 14.7. The van der Waals surface area contributed by atoms with Gasteiger partial charge in [-0.05, 0) is 92.9 Å². The normalized spacial score (nSPS) is 12.0. The van der Waals surface area contributed by atoms with Crippen LogP contribution in [0.15, 0.2) is 34.9 Å². The van der Waals surface area contributed by atoms with Crippen molar-refractivity contribution in [3.8, 4) is 11.1 Å². The summed E-state index contributed by atoms with van der Waals surface area (Å²) in [4.78, 5) is 30.9.